The van der Waals surface area contributed by atoms with Gasteiger partial charge in [0.1, 0.15) is 5.69 Å². The van der Waals surface area contributed by atoms with Gasteiger partial charge >= 0.3 is 0 Å². The molecular weight excluding hydrogens is 228 g/mol. The minimum atomic E-state index is -0.142. The average molecular weight is 248 g/mol. The van der Waals surface area contributed by atoms with E-state index in [0.717, 1.165) is 5.69 Å². The first-order valence-corrected chi connectivity index (χ1v) is 6.45. The Morgan fingerprint density at radius 3 is 3.00 bits per heavy atom. The van der Waals surface area contributed by atoms with Crippen LogP contribution in [-0.2, 0) is 0 Å². The zero-order chi connectivity index (χ0) is 13.0. The number of nitrogens with one attached hydrogen (secondary N) is 2. The van der Waals surface area contributed by atoms with Crippen LogP contribution in [0.15, 0.2) is 18.3 Å². The number of aromatic nitrogens is 1. The molecule has 0 spiro atoms. The van der Waals surface area contributed by atoms with Crippen LogP contribution in [0.3, 0.4) is 0 Å². The van der Waals surface area contributed by atoms with Crippen LogP contribution in [0.1, 0.15) is 30.3 Å². The Hall–Kier alpha value is -1.62. The summed E-state index contributed by atoms with van der Waals surface area (Å²) in [5, 5.41) is 6.12. The van der Waals surface area contributed by atoms with Gasteiger partial charge in [0.2, 0.25) is 0 Å². The summed E-state index contributed by atoms with van der Waals surface area (Å²) in [7, 11) is 0. The van der Waals surface area contributed by atoms with Gasteiger partial charge in [-0.15, -0.1) is 0 Å². The van der Waals surface area contributed by atoms with Gasteiger partial charge in [0.15, 0.2) is 0 Å². The summed E-state index contributed by atoms with van der Waals surface area (Å²) < 4.78 is 0. The van der Waals surface area contributed by atoms with Gasteiger partial charge in [0, 0.05) is 31.0 Å². The molecule has 1 amide bonds. The molecule has 1 aromatic heterocycles. The minimum absolute atomic E-state index is 0.142. The number of rotatable bonds is 6. The maximum atomic E-state index is 11.7. The van der Waals surface area contributed by atoms with E-state index in [4.69, 9.17) is 5.73 Å². The summed E-state index contributed by atoms with van der Waals surface area (Å²) in [5.41, 5.74) is 7.10. The molecule has 1 unspecified atom stereocenters. The molecule has 1 aromatic rings. The predicted molar refractivity (Wildman–Crippen MR) is 71.4 cm³/mol. The molecule has 1 aliphatic rings. The average Bonchev–Trinajstić information content (AvgIpc) is 3.21. The largest absolute Gasteiger partial charge is 0.381 e. The third-order valence-corrected chi connectivity index (χ3v) is 3.13. The third kappa shape index (κ3) is 3.20. The van der Waals surface area contributed by atoms with Crippen LogP contribution in [0.25, 0.3) is 0 Å². The second kappa shape index (κ2) is 5.82. The molecule has 4 N–H and O–H groups in total. The summed E-state index contributed by atoms with van der Waals surface area (Å²) in [6.07, 6.45) is 4.12. The lowest BCUT2D eigenvalue weighted by molar-refractivity contribution is 0.0951. The predicted octanol–water partition coefficient (Wildman–Crippen LogP) is 0.980. The van der Waals surface area contributed by atoms with Crippen molar-refractivity contribution in [3.63, 3.8) is 0 Å². The fourth-order valence-corrected chi connectivity index (χ4v) is 1.98. The zero-order valence-electron chi connectivity index (χ0n) is 10.6. The number of carbonyl (C=O) groups excluding carboxylic acids is 1. The number of hydrogen-bond donors (Lipinski definition) is 3. The van der Waals surface area contributed by atoms with Gasteiger partial charge in [0.25, 0.3) is 5.91 Å². The molecule has 1 aliphatic carbocycles. The SMILES string of the molecule is CCNC(=O)c1cc(NC(CN)C2CC2)ccn1. The van der Waals surface area contributed by atoms with E-state index in [1.807, 2.05) is 13.0 Å². The van der Waals surface area contributed by atoms with Crippen molar-refractivity contribution in [3.05, 3.63) is 24.0 Å². The number of nitrogens with two attached hydrogens (primary N) is 1. The van der Waals surface area contributed by atoms with E-state index in [9.17, 15) is 4.79 Å². The number of amides is 1. The second-order valence-electron chi connectivity index (χ2n) is 4.61. The van der Waals surface area contributed by atoms with E-state index < -0.39 is 0 Å². The first-order chi connectivity index (χ1) is 8.74. The molecule has 18 heavy (non-hydrogen) atoms. The van der Waals surface area contributed by atoms with Crippen LogP contribution in [0.5, 0.6) is 0 Å². The minimum Gasteiger partial charge on any atom is -0.381 e. The molecule has 98 valence electrons. The van der Waals surface area contributed by atoms with Crippen molar-refractivity contribution >= 4 is 11.6 Å². The standard InChI is InChI=1S/C13H20N4O/c1-2-15-13(18)11-7-10(5-6-16-11)17-12(8-14)9-3-4-9/h5-7,9,12H,2-4,8,14H2,1H3,(H,15,18)(H,16,17). The molecule has 0 radical (unpaired) electrons. The molecule has 5 heteroatoms. The number of nitrogens with zero attached hydrogens (tertiary/aromatic N) is 1. The maximum absolute atomic E-state index is 11.7. The molecule has 0 saturated heterocycles. The highest BCUT2D eigenvalue weighted by molar-refractivity contribution is 5.93. The van der Waals surface area contributed by atoms with Gasteiger partial charge in [-0.2, -0.15) is 0 Å². The van der Waals surface area contributed by atoms with Crippen molar-refractivity contribution in [1.82, 2.24) is 10.3 Å². The van der Waals surface area contributed by atoms with E-state index in [1.165, 1.54) is 12.8 Å². The number of carbonyl (C=O) groups is 1. The fraction of sp³-hybridized carbons (Fsp3) is 0.538. The Morgan fingerprint density at radius 1 is 1.61 bits per heavy atom. The normalized spacial score (nSPS) is 16.1. The lowest BCUT2D eigenvalue weighted by Crippen LogP contribution is -2.31. The van der Waals surface area contributed by atoms with Crippen LogP contribution in [0.4, 0.5) is 5.69 Å². The molecule has 0 aromatic carbocycles. The quantitative estimate of drug-likeness (QED) is 0.701. The highest BCUT2D eigenvalue weighted by Gasteiger charge is 2.30. The number of pyridine rings is 1. The van der Waals surface area contributed by atoms with E-state index in [0.29, 0.717) is 30.7 Å². The monoisotopic (exact) mass is 248 g/mol. The van der Waals surface area contributed by atoms with Crippen molar-refractivity contribution in [2.45, 2.75) is 25.8 Å². The smallest absolute Gasteiger partial charge is 0.269 e. The highest BCUT2D eigenvalue weighted by atomic mass is 16.1. The van der Waals surface area contributed by atoms with Gasteiger partial charge in [0.05, 0.1) is 0 Å². The van der Waals surface area contributed by atoms with Crippen molar-refractivity contribution < 1.29 is 4.79 Å². The first-order valence-electron chi connectivity index (χ1n) is 6.45. The molecule has 1 fully saturated rings. The lowest BCUT2D eigenvalue weighted by Gasteiger charge is -2.17. The summed E-state index contributed by atoms with van der Waals surface area (Å²) in [6.45, 7) is 3.10. The van der Waals surface area contributed by atoms with Crippen LogP contribution in [-0.4, -0.2) is 30.0 Å². The maximum Gasteiger partial charge on any atom is 0.269 e. The van der Waals surface area contributed by atoms with Gasteiger partial charge in [-0.05, 0) is 37.8 Å². The van der Waals surface area contributed by atoms with Gasteiger partial charge in [-0.25, -0.2) is 0 Å². The summed E-state index contributed by atoms with van der Waals surface area (Å²) in [4.78, 5) is 15.7. The topological polar surface area (TPSA) is 80.0 Å². The molecule has 1 saturated carbocycles. The van der Waals surface area contributed by atoms with E-state index >= 15 is 0 Å². The van der Waals surface area contributed by atoms with Gasteiger partial charge in [-0.3, -0.25) is 9.78 Å². The summed E-state index contributed by atoms with van der Waals surface area (Å²) >= 11 is 0. The highest BCUT2D eigenvalue weighted by Crippen LogP contribution is 2.33. The molecule has 1 atom stereocenters. The Balaban J connectivity index is 2.04. The molecule has 5 nitrogen and oxygen atoms in total. The van der Waals surface area contributed by atoms with Gasteiger partial charge < -0.3 is 16.4 Å². The van der Waals surface area contributed by atoms with Crippen LogP contribution < -0.4 is 16.4 Å². The lowest BCUT2D eigenvalue weighted by atomic mass is 10.1. The molecule has 0 bridgehead atoms. The first kappa shape index (κ1) is 12.8. The van der Waals surface area contributed by atoms with Crippen molar-refractivity contribution in [3.8, 4) is 0 Å². The Labute approximate surface area is 107 Å². The number of hydrogen-bond acceptors (Lipinski definition) is 4. The summed E-state index contributed by atoms with van der Waals surface area (Å²) in [5.74, 6) is 0.535. The number of anilines is 1. The van der Waals surface area contributed by atoms with Gasteiger partial charge in [-0.1, -0.05) is 0 Å². The van der Waals surface area contributed by atoms with Crippen LogP contribution in [0, 0.1) is 5.92 Å². The Kier molecular flexibility index (Phi) is 4.15. The van der Waals surface area contributed by atoms with Crippen molar-refractivity contribution in [2.24, 2.45) is 11.7 Å². The van der Waals surface area contributed by atoms with Crippen LogP contribution >= 0.6 is 0 Å². The van der Waals surface area contributed by atoms with Crippen LogP contribution in [0.2, 0.25) is 0 Å². The summed E-state index contributed by atoms with van der Waals surface area (Å²) in [6, 6.07) is 3.94. The fourth-order valence-electron chi connectivity index (χ4n) is 1.98. The van der Waals surface area contributed by atoms with E-state index in [1.54, 1.807) is 12.3 Å². The Bertz CT molecular complexity index is 417. The van der Waals surface area contributed by atoms with Crippen molar-refractivity contribution in [1.29, 1.82) is 0 Å². The zero-order valence-corrected chi connectivity index (χ0v) is 10.6. The third-order valence-electron chi connectivity index (χ3n) is 3.13. The molecule has 0 aliphatic heterocycles. The van der Waals surface area contributed by atoms with Crippen molar-refractivity contribution in [2.75, 3.05) is 18.4 Å². The van der Waals surface area contributed by atoms with E-state index in [2.05, 4.69) is 15.6 Å². The van der Waals surface area contributed by atoms with E-state index in [-0.39, 0.29) is 5.91 Å². The molecule has 1 heterocycles. The Morgan fingerprint density at radius 2 is 2.39 bits per heavy atom. The molecule has 2 rings (SSSR count). The second-order valence-corrected chi connectivity index (χ2v) is 4.61. The molecular formula is C13H20N4O.